The van der Waals surface area contributed by atoms with Crippen LogP contribution in [0.15, 0.2) is 128 Å². The molecule has 0 aliphatic rings. The summed E-state index contributed by atoms with van der Waals surface area (Å²) in [7, 11) is 0. The molecule has 4 aromatic carbocycles. The Balaban J connectivity index is 0.956. The van der Waals surface area contributed by atoms with Gasteiger partial charge in [-0.15, -0.1) is 0 Å². The second-order valence-electron chi connectivity index (χ2n) is 9.93. The fourth-order valence-corrected chi connectivity index (χ4v) is 4.94. The number of benzene rings is 4. The Bertz CT molecular complexity index is 1820. The third-order valence-electron chi connectivity index (χ3n) is 6.96. The lowest BCUT2D eigenvalue weighted by molar-refractivity contribution is 0.0274. The number of ether oxygens (including phenoxy) is 4. The van der Waals surface area contributed by atoms with Crippen molar-refractivity contribution in [1.82, 2.24) is 0 Å². The zero-order chi connectivity index (χ0) is 30.1. The Hall–Kier alpha value is -5.18. The third kappa shape index (κ3) is 7.06. The van der Waals surface area contributed by atoms with Gasteiger partial charge >= 0.3 is 11.3 Å². The lowest BCUT2D eigenvalue weighted by Gasteiger charge is -2.12. The van der Waals surface area contributed by atoms with Gasteiger partial charge in [-0.1, -0.05) is 60.7 Å². The molecule has 0 atom stereocenters. The average molecular weight is 591 g/mol. The summed E-state index contributed by atoms with van der Waals surface area (Å²) in [5.74, 6) is 1.18. The Labute approximate surface area is 253 Å². The zero-order valence-corrected chi connectivity index (χ0v) is 23.9. The van der Waals surface area contributed by atoms with Crippen LogP contribution in [0.25, 0.3) is 44.2 Å². The molecule has 6 rings (SSSR count). The predicted molar refractivity (Wildman–Crippen MR) is 168 cm³/mol. The van der Waals surface area contributed by atoms with Gasteiger partial charge in [0.25, 0.3) is 0 Å². The van der Waals surface area contributed by atoms with Gasteiger partial charge in [0, 0.05) is 35.0 Å². The standard InChI is InChI=1S/C36H30O8/c37-35-13-11-29-31(25-7-3-1-4-8-25)21-27(23-33(29)43-35)41-19-17-39-15-16-40-18-20-42-28-22-32(26-9-5-2-6-10-26)30-12-14-36(38)44-34(30)24-28/h1-14,21-24H,15-20H2. The molecule has 6 aromatic rings. The highest BCUT2D eigenvalue weighted by Gasteiger charge is 2.11. The molecule has 0 saturated heterocycles. The molecule has 0 aliphatic carbocycles. The van der Waals surface area contributed by atoms with Crippen LogP contribution in [-0.2, 0) is 9.47 Å². The quantitative estimate of drug-likeness (QED) is 0.108. The van der Waals surface area contributed by atoms with Crippen molar-refractivity contribution in [1.29, 1.82) is 0 Å². The first-order valence-corrected chi connectivity index (χ1v) is 14.3. The Morgan fingerprint density at radius 1 is 0.455 bits per heavy atom. The van der Waals surface area contributed by atoms with Gasteiger partial charge in [0.2, 0.25) is 0 Å². The minimum absolute atomic E-state index is 0.321. The molecule has 0 unspecified atom stereocenters. The van der Waals surface area contributed by atoms with E-state index in [1.54, 1.807) is 24.3 Å². The van der Waals surface area contributed by atoms with Crippen LogP contribution in [0.1, 0.15) is 0 Å². The van der Waals surface area contributed by atoms with Gasteiger partial charge in [-0.25, -0.2) is 9.59 Å². The van der Waals surface area contributed by atoms with E-state index in [0.29, 0.717) is 62.3 Å². The molecule has 0 amide bonds. The maximum atomic E-state index is 11.8. The molecule has 0 aliphatic heterocycles. The molecule has 0 radical (unpaired) electrons. The fraction of sp³-hybridized carbons (Fsp3) is 0.167. The zero-order valence-electron chi connectivity index (χ0n) is 23.9. The van der Waals surface area contributed by atoms with E-state index < -0.39 is 11.3 Å². The van der Waals surface area contributed by atoms with E-state index in [2.05, 4.69) is 0 Å². The van der Waals surface area contributed by atoms with Gasteiger partial charge in [0.05, 0.1) is 26.4 Å². The van der Waals surface area contributed by atoms with E-state index in [4.69, 9.17) is 27.8 Å². The molecule has 0 spiro atoms. The van der Waals surface area contributed by atoms with Gasteiger partial charge in [0.15, 0.2) is 0 Å². The molecule has 44 heavy (non-hydrogen) atoms. The van der Waals surface area contributed by atoms with Crippen LogP contribution in [0.2, 0.25) is 0 Å². The van der Waals surface area contributed by atoms with Crippen LogP contribution in [0, 0.1) is 0 Å². The molecule has 2 heterocycles. The molecule has 0 fully saturated rings. The maximum absolute atomic E-state index is 11.8. The van der Waals surface area contributed by atoms with Crippen molar-refractivity contribution < 1.29 is 27.8 Å². The summed E-state index contributed by atoms with van der Waals surface area (Å²) >= 11 is 0. The lowest BCUT2D eigenvalue weighted by atomic mass is 10.0. The number of hydrogen-bond donors (Lipinski definition) is 0. The predicted octanol–water partition coefficient (Wildman–Crippen LogP) is 6.72. The number of hydrogen-bond acceptors (Lipinski definition) is 8. The van der Waals surface area contributed by atoms with E-state index in [0.717, 1.165) is 33.0 Å². The summed E-state index contributed by atoms with van der Waals surface area (Å²) in [6, 6.07) is 33.4. The lowest BCUT2D eigenvalue weighted by Crippen LogP contribution is -2.13. The maximum Gasteiger partial charge on any atom is 0.336 e. The monoisotopic (exact) mass is 590 g/mol. The largest absolute Gasteiger partial charge is 0.491 e. The van der Waals surface area contributed by atoms with Crippen molar-refractivity contribution in [3.8, 4) is 33.8 Å². The van der Waals surface area contributed by atoms with Gasteiger partial charge in [-0.3, -0.25) is 0 Å². The summed E-state index contributed by atoms with van der Waals surface area (Å²) < 4.78 is 34.0. The normalized spacial score (nSPS) is 11.2. The second kappa shape index (κ2) is 13.9. The summed E-state index contributed by atoms with van der Waals surface area (Å²) in [6.45, 7) is 2.15. The first-order valence-electron chi connectivity index (χ1n) is 14.3. The van der Waals surface area contributed by atoms with Crippen LogP contribution in [0.5, 0.6) is 11.5 Å². The van der Waals surface area contributed by atoms with Crippen molar-refractivity contribution >= 4 is 21.9 Å². The summed E-state index contributed by atoms with van der Waals surface area (Å²) in [5, 5.41) is 1.67. The Morgan fingerprint density at radius 2 is 0.864 bits per heavy atom. The molecule has 8 nitrogen and oxygen atoms in total. The minimum Gasteiger partial charge on any atom is -0.491 e. The summed E-state index contributed by atoms with van der Waals surface area (Å²) in [4.78, 5) is 23.6. The molecule has 0 bridgehead atoms. The first kappa shape index (κ1) is 28.9. The van der Waals surface area contributed by atoms with Gasteiger partial charge in [0.1, 0.15) is 35.9 Å². The van der Waals surface area contributed by atoms with E-state index >= 15 is 0 Å². The van der Waals surface area contributed by atoms with Crippen LogP contribution >= 0.6 is 0 Å². The molecular weight excluding hydrogens is 560 g/mol. The highest BCUT2D eigenvalue weighted by atomic mass is 16.6. The first-order chi connectivity index (χ1) is 21.6. The van der Waals surface area contributed by atoms with Crippen molar-refractivity contribution in [3.05, 3.63) is 130 Å². The second-order valence-corrected chi connectivity index (χ2v) is 9.93. The van der Waals surface area contributed by atoms with Crippen LogP contribution in [0.3, 0.4) is 0 Å². The van der Waals surface area contributed by atoms with Crippen molar-refractivity contribution in [2.45, 2.75) is 0 Å². The Morgan fingerprint density at radius 3 is 1.30 bits per heavy atom. The van der Waals surface area contributed by atoms with E-state index in [9.17, 15) is 9.59 Å². The van der Waals surface area contributed by atoms with Crippen LogP contribution < -0.4 is 20.7 Å². The molecule has 0 N–H and O–H groups in total. The van der Waals surface area contributed by atoms with E-state index in [1.807, 2.05) is 72.8 Å². The summed E-state index contributed by atoms with van der Waals surface area (Å²) in [5.41, 5.74) is 3.95. The topological polar surface area (TPSA) is 97.3 Å². The average Bonchev–Trinajstić information content (AvgIpc) is 3.05. The summed E-state index contributed by atoms with van der Waals surface area (Å²) in [6.07, 6.45) is 0. The van der Waals surface area contributed by atoms with Crippen molar-refractivity contribution in [2.75, 3.05) is 39.6 Å². The van der Waals surface area contributed by atoms with Crippen LogP contribution in [0.4, 0.5) is 0 Å². The highest BCUT2D eigenvalue weighted by molar-refractivity contribution is 5.95. The third-order valence-corrected chi connectivity index (χ3v) is 6.96. The van der Waals surface area contributed by atoms with Gasteiger partial charge in [-0.2, -0.15) is 0 Å². The van der Waals surface area contributed by atoms with Gasteiger partial charge < -0.3 is 27.8 Å². The number of fused-ring (bicyclic) bond motifs is 2. The van der Waals surface area contributed by atoms with E-state index in [-0.39, 0.29) is 0 Å². The minimum atomic E-state index is -0.412. The van der Waals surface area contributed by atoms with Crippen LogP contribution in [-0.4, -0.2) is 39.6 Å². The SMILES string of the molecule is O=c1ccc2c(-c3ccccc3)cc(OCCOCCOCCOc3cc(-c4ccccc4)c4ccc(=O)oc4c3)cc2o1. The highest BCUT2D eigenvalue weighted by Crippen LogP contribution is 2.33. The smallest absolute Gasteiger partial charge is 0.336 e. The van der Waals surface area contributed by atoms with Gasteiger partial charge in [-0.05, 0) is 46.5 Å². The molecule has 0 saturated carbocycles. The number of rotatable bonds is 13. The molecular formula is C36H30O8. The van der Waals surface area contributed by atoms with Crippen molar-refractivity contribution in [2.24, 2.45) is 0 Å². The van der Waals surface area contributed by atoms with E-state index in [1.165, 1.54) is 12.1 Å². The molecule has 222 valence electrons. The Kier molecular flexibility index (Phi) is 9.11. The fourth-order valence-electron chi connectivity index (χ4n) is 4.94. The molecule has 2 aromatic heterocycles. The molecule has 8 heteroatoms. The van der Waals surface area contributed by atoms with Crippen molar-refractivity contribution in [3.63, 3.8) is 0 Å².